The van der Waals surface area contributed by atoms with Crippen LogP contribution in [-0.2, 0) is 20.1 Å². The molecule has 2 aromatic rings. The van der Waals surface area contributed by atoms with Crippen LogP contribution in [0, 0.1) is 0 Å². The van der Waals surface area contributed by atoms with E-state index in [2.05, 4.69) is 25.5 Å². The van der Waals surface area contributed by atoms with Crippen LogP contribution < -0.4 is 24.8 Å². The monoisotopic (exact) mass is 509 g/mol. The van der Waals surface area contributed by atoms with E-state index in [1.807, 2.05) is 20.2 Å². The number of aryl methyl sites for hydroxylation is 1. The van der Waals surface area contributed by atoms with Crippen LogP contribution in [0.5, 0.6) is 17.2 Å². The predicted octanol–water partition coefficient (Wildman–Crippen LogP) is 2.62. The number of nitrogens with zero attached hydrogens (tertiary/aromatic N) is 3. The number of hydrogen-bond donors (Lipinski definition) is 2. The molecule has 154 valence electrons. The highest BCUT2D eigenvalue weighted by atomic mass is 127. The van der Waals surface area contributed by atoms with Gasteiger partial charge in [0.2, 0.25) is 6.79 Å². The van der Waals surface area contributed by atoms with Crippen LogP contribution in [0.1, 0.15) is 18.1 Å². The van der Waals surface area contributed by atoms with Gasteiger partial charge >= 0.3 is 6.61 Å². The molecule has 1 aliphatic heterocycles. The van der Waals surface area contributed by atoms with Gasteiger partial charge in [-0.05, 0) is 13.0 Å². The van der Waals surface area contributed by atoms with Crippen molar-refractivity contribution in [1.82, 2.24) is 20.4 Å². The summed E-state index contributed by atoms with van der Waals surface area (Å²) in [6.45, 7) is 0.363. The van der Waals surface area contributed by atoms with Crippen molar-refractivity contribution in [1.29, 1.82) is 0 Å². The molecule has 0 saturated carbocycles. The number of ether oxygens (including phenoxy) is 3. The predicted molar refractivity (Wildman–Crippen MR) is 109 cm³/mol. The molecule has 0 unspecified atom stereocenters. The van der Waals surface area contributed by atoms with Gasteiger partial charge in [-0.3, -0.25) is 4.68 Å². The highest BCUT2D eigenvalue weighted by Gasteiger charge is 2.20. The summed E-state index contributed by atoms with van der Waals surface area (Å²) in [7, 11) is 1.83. The lowest BCUT2D eigenvalue weighted by Gasteiger charge is -2.15. The first-order valence-electron chi connectivity index (χ1n) is 8.42. The Morgan fingerprint density at radius 1 is 1.32 bits per heavy atom. The van der Waals surface area contributed by atoms with Crippen LogP contribution in [0.25, 0.3) is 0 Å². The smallest absolute Gasteiger partial charge is 0.387 e. The molecule has 1 aliphatic rings. The number of fused-ring (bicyclic) bond motifs is 1. The zero-order chi connectivity index (χ0) is 19.2. The molecule has 0 fully saturated rings. The van der Waals surface area contributed by atoms with Crippen LogP contribution in [0.4, 0.5) is 8.78 Å². The molecule has 28 heavy (non-hydrogen) atoms. The molecule has 0 amide bonds. The lowest BCUT2D eigenvalue weighted by Crippen LogP contribution is -2.36. The second-order valence-corrected chi connectivity index (χ2v) is 5.76. The highest BCUT2D eigenvalue weighted by molar-refractivity contribution is 14.0. The standard InChI is InChI=1S/C17H21F2N5O3.HI/c1-3-20-17(21-6-11-7-23-24(2)9-11)22-8-12-4-14-15(26-10-25-14)5-13(12)27-16(18)19;/h4-5,7,9,16H,3,6,8,10H2,1-2H3,(H2,20,21,22);1H. The largest absolute Gasteiger partial charge is 0.454 e. The molecule has 3 rings (SSSR count). The van der Waals surface area contributed by atoms with E-state index in [4.69, 9.17) is 9.47 Å². The maximum Gasteiger partial charge on any atom is 0.387 e. The summed E-state index contributed by atoms with van der Waals surface area (Å²) < 4.78 is 42.3. The van der Waals surface area contributed by atoms with E-state index in [9.17, 15) is 8.78 Å². The van der Waals surface area contributed by atoms with Crippen LogP contribution >= 0.6 is 24.0 Å². The summed E-state index contributed by atoms with van der Waals surface area (Å²) in [5.41, 5.74) is 1.46. The number of halogens is 3. The van der Waals surface area contributed by atoms with Gasteiger partial charge in [-0.15, -0.1) is 24.0 Å². The van der Waals surface area contributed by atoms with Gasteiger partial charge in [0.15, 0.2) is 17.5 Å². The van der Waals surface area contributed by atoms with Crippen molar-refractivity contribution in [2.24, 2.45) is 12.0 Å². The number of benzene rings is 1. The Morgan fingerprint density at radius 2 is 2.07 bits per heavy atom. The van der Waals surface area contributed by atoms with Crippen molar-refractivity contribution < 1.29 is 23.0 Å². The van der Waals surface area contributed by atoms with Crippen LogP contribution in [0.2, 0.25) is 0 Å². The molecule has 8 nitrogen and oxygen atoms in total. The van der Waals surface area contributed by atoms with Gasteiger partial charge in [0.25, 0.3) is 0 Å². The molecule has 0 saturated heterocycles. The Hall–Kier alpha value is -2.31. The molecular weight excluding hydrogens is 487 g/mol. The molecule has 2 heterocycles. The topological polar surface area (TPSA) is 81.9 Å². The van der Waals surface area contributed by atoms with Crippen molar-refractivity contribution in [2.75, 3.05) is 13.3 Å². The van der Waals surface area contributed by atoms with Crippen molar-refractivity contribution in [2.45, 2.75) is 26.6 Å². The molecule has 11 heteroatoms. The molecule has 0 spiro atoms. The number of nitrogens with one attached hydrogen (secondary N) is 2. The molecule has 0 radical (unpaired) electrons. The Kier molecular flexibility index (Phi) is 8.08. The minimum Gasteiger partial charge on any atom is -0.454 e. The normalized spacial score (nSPS) is 12.7. The first-order chi connectivity index (χ1) is 13.0. The fourth-order valence-corrected chi connectivity index (χ4v) is 2.55. The Bertz CT molecular complexity index is 816. The zero-order valence-corrected chi connectivity index (χ0v) is 17.8. The van der Waals surface area contributed by atoms with Crippen molar-refractivity contribution in [3.63, 3.8) is 0 Å². The van der Waals surface area contributed by atoms with E-state index < -0.39 is 6.61 Å². The first kappa shape index (κ1) is 22.0. The number of hydrogen-bond acceptors (Lipinski definition) is 5. The zero-order valence-electron chi connectivity index (χ0n) is 15.4. The van der Waals surface area contributed by atoms with E-state index in [-0.39, 0.29) is 43.1 Å². The molecule has 1 aromatic carbocycles. The maximum atomic E-state index is 12.7. The van der Waals surface area contributed by atoms with Gasteiger partial charge in [0, 0.05) is 43.5 Å². The first-order valence-corrected chi connectivity index (χ1v) is 8.42. The van der Waals surface area contributed by atoms with Crippen LogP contribution in [-0.4, -0.2) is 35.7 Å². The van der Waals surface area contributed by atoms with Gasteiger partial charge in [0.1, 0.15) is 5.75 Å². The number of alkyl halides is 2. The summed E-state index contributed by atoms with van der Waals surface area (Å²) in [4.78, 5) is 4.47. The third-order valence-corrected chi connectivity index (χ3v) is 3.74. The molecule has 2 N–H and O–H groups in total. The Morgan fingerprint density at radius 3 is 2.71 bits per heavy atom. The fraction of sp³-hybridized carbons (Fsp3) is 0.412. The van der Waals surface area contributed by atoms with E-state index in [1.54, 1.807) is 16.9 Å². The van der Waals surface area contributed by atoms with Gasteiger partial charge in [-0.1, -0.05) is 0 Å². The summed E-state index contributed by atoms with van der Waals surface area (Å²) in [6, 6.07) is 3.03. The average Bonchev–Trinajstić information content (AvgIpc) is 3.25. The summed E-state index contributed by atoms with van der Waals surface area (Å²) >= 11 is 0. The number of rotatable bonds is 7. The van der Waals surface area contributed by atoms with E-state index in [0.717, 1.165) is 5.56 Å². The molecule has 0 aliphatic carbocycles. The van der Waals surface area contributed by atoms with E-state index in [1.165, 1.54) is 6.07 Å². The fourth-order valence-electron chi connectivity index (χ4n) is 2.55. The minimum atomic E-state index is -2.93. The Labute approximate surface area is 178 Å². The lowest BCUT2D eigenvalue weighted by atomic mass is 10.1. The third-order valence-electron chi connectivity index (χ3n) is 3.74. The van der Waals surface area contributed by atoms with E-state index in [0.29, 0.717) is 36.1 Å². The van der Waals surface area contributed by atoms with Crippen molar-refractivity contribution >= 4 is 29.9 Å². The van der Waals surface area contributed by atoms with Crippen molar-refractivity contribution in [3.05, 3.63) is 35.7 Å². The van der Waals surface area contributed by atoms with Crippen LogP contribution in [0.3, 0.4) is 0 Å². The van der Waals surface area contributed by atoms with Gasteiger partial charge < -0.3 is 24.8 Å². The minimum absolute atomic E-state index is 0. The number of aliphatic imine (C=N–C) groups is 1. The molecule has 1 aromatic heterocycles. The Balaban J connectivity index is 0.00000280. The maximum absolute atomic E-state index is 12.7. The second-order valence-electron chi connectivity index (χ2n) is 5.76. The second kappa shape index (κ2) is 10.3. The molecule has 0 bridgehead atoms. The third kappa shape index (κ3) is 5.84. The van der Waals surface area contributed by atoms with Gasteiger partial charge in [0.05, 0.1) is 12.7 Å². The van der Waals surface area contributed by atoms with Gasteiger partial charge in [-0.2, -0.15) is 13.9 Å². The summed E-state index contributed by atoms with van der Waals surface area (Å²) in [5, 5.41) is 10.3. The average molecular weight is 509 g/mol. The SMILES string of the molecule is CCNC(=NCc1cnn(C)c1)NCc1cc2c(cc1OC(F)F)OCO2.I. The number of aromatic nitrogens is 2. The van der Waals surface area contributed by atoms with Crippen LogP contribution in [0.15, 0.2) is 29.5 Å². The molecule has 0 atom stereocenters. The summed E-state index contributed by atoms with van der Waals surface area (Å²) in [5.74, 6) is 1.45. The van der Waals surface area contributed by atoms with E-state index >= 15 is 0 Å². The van der Waals surface area contributed by atoms with Gasteiger partial charge in [-0.25, -0.2) is 4.99 Å². The quantitative estimate of drug-likeness (QED) is 0.340. The highest BCUT2D eigenvalue weighted by Crippen LogP contribution is 2.38. The molecular formula is C17H22F2IN5O3. The van der Waals surface area contributed by atoms with Crippen molar-refractivity contribution in [3.8, 4) is 17.2 Å². The lowest BCUT2D eigenvalue weighted by molar-refractivity contribution is -0.0505. The summed E-state index contributed by atoms with van der Waals surface area (Å²) in [6.07, 6.45) is 3.61. The number of guanidine groups is 1.